The zero-order valence-corrected chi connectivity index (χ0v) is 16.2. The van der Waals surface area contributed by atoms with E-state index in [1.807, 2.05) is 0 Å². The van der Waals surface area contributed by atoms with Gasteiger partial charge in [0.2, 0.25) is 5.95 Å². The smallest absolute Gasteiger partial charge is 0.321 e. The van der Waals surface area contributed by atoms with Gasteiger partial charge < -0.3 is 30.7 Å². The highest BCUT2D eigenvalue weighted by Crippen LogP contribution is 1.99. The summed E-state index contributed by atoms with van der Waals surface area (Å²) in [5, 5.41) is 25.7. The SMILES string of the molecule is Cc1cc(=O)nc(NC(=O)NCCCCCCNC(=O)N(CCO)CCO)[nH]1. The van der Waals surface area contributed by atoms with Gasteiger partial charge in [0, 0.05) is 37.9 Å². The molecule has 0 aliphatic rings. The van der Waals surface area contributed by atoms with E-state index in [0.29, 0.717) is 18.8 Å². The number of urea groups is 2. The molecule has 4 amide bonds. The van der Waals surface area contributed by atoms with Crippen LogP contribution in [0.4, 0.5) is 15.5 Å². The van der Waals surface area contributed by atoms with Crippen molar-refractivity contribution in [1.82, 2.24) is 25.5 Å². The van der Waals surface area contributed by atoms with Crippen LogP contribution in [0.5, 0.6) is 0 Å². The van der Waals surface area contributed by atoms with Crippen LogP contribution >= 0.6 is 0 Å². The number of rotatable bonds is 12. The van der Waals surface area contributed by atoms with Gasteiger partial charge in [-0.3, -0.25) is 10.1 Å². The highest BCUT2D eigenvalue weighted by Gasteiger charge is 2.11. The number of aliphatic hydroxyl groups is 2. The molecule has 0 radical (unpaired) electrons. The first kappa shape index (κ1) is 23.4. The molecule has 0 unspecified atom stereocenters. The molecule has 11 nitrogen and oxygen atoms in total. The first-order valence-electron chi connectivity index (χ1n) is 9.33. The molecule has 0 atom stereocenters. The number of aliphatic hydroxyl groups excluding tert-OH is 2. The van der Waals surface area contributed by atoms with Gasteiger partial charge in [0.25, 0.3) is 5.56 Å². The Labute approximate surface area is 163 Å². The van der Waals surface area contributed by atoms with Crippen molar-refractivity contribution in [3.63, 3.8) is 0 Å². The molecule has 0 aliphatic heterocycles. The summed E-state index contributed by atoms with van der Waals surface area (Å²) >= 11 is 0. The number of aromatic nitrogens is 2. The van der Waals surface area contributed by atoms with E-state index in [4.69, 9.17) is 10.2 Å². The predicted octanol–water partition coefficient (Wildman–Crippen LogP) is -0.244. The molecule has 158 valence electrons. The largest absolute Gasteiger partial charge is 0.395 e. The van der Waals surface area contributed by atoms with E-state index >= 15 is 0 Å². The van der Waals surface area contributed by atoms with Gasteiger partial charge in [0.15, 0.2) is 0 Å². The fourth-order valence-corrected chi connectivity index (χ4v) is 2.46. The first-order chi connectivity index (χ1) is 13.5. The fraction of sp³-hybridized carbons (Fsp3) is 0.647. The van der Waals surface area contributed by atoms with E-state index in [9.17, 15) is 14.4 Å². The number of aryl methyl sites for hydroxylation is 1. The second-order valence-electron chi connectivity index (χ2n) is 6.21. The van der Waals surface area contributed by atoms with Crippen molar-refractivity contribution in [1.29, 1.82) is 0 Å². The molecule has 11 heteroatoms. The van der Waals surface area contributed by atoms with Gasteiger partial charge in [-0.2, -0.15) is 4.98 Å². The van der Waals surface area contributed by atoms with E-state index in [-0.39, 0.29) is 38.3 Å². The standard InChI is InChI=1S/C17H30N6O5/c1-13-12-14(26)21-15(20-13)22-16(27)18-6-4-2-3-5-7-19-17(28)23(8-10-24)9-11-25/h12,24-25H,2-11H2,1H3,(H,19,28)(H3,18,20,21,22,26,27). The van der Waals surface area contributed by atoms with Gasteiger partial charge >= 0.3 is 12.1 Å². The maximum atomic E-state index is 11.8. The third kappa shape index (κ3) is 9.88. The van der Waals surface area contributed by atoms with Crippen molar-refractivity contribution < 1.29 is 19.8 Å². The summed E-state index contributed by atoms with van der Waals surface area (Å²) in [5.41, 5.74) is 0.188. The molecule has 0 saturated carbocycles. The molecule has 0 aliphatic carbocycles. The maximum absolute atomic E-state index is 11.8. The lowest BCUT2D eigenvalue weighted by Gasteiger charge is -2.21. The van der Waals surface area contributed by atoms with Gasteiger partial charge in [-0.15, -0.1) is 0 Å². The zero-order valence-electron chi connectivity index (χ0n) is 16.2. The Bertz CT molecular complexity index is 660. The normalized spacial score (nSPS) is 10.4. The highest BCUT2D eigenvalue weighted by molar-refractivity contribution is 5.87. The molecule has 1 aromatic rings. The van der Waals surface area contributed by atoms with Gasteiger partial charge in [-0.05, 0) is 19.8 Å². The lowest BCUT2D eigenvalue weighted by atomic mass is 10.2. The van der Waals surface area contributed by atoms with Gasteiger partial charge in [0.1, 0.15) is 0 Å². The summed E-state index contributed by atoms with van der Waals surface area (Å²) in [4.78, 5) is 42.6. The summed E-state index contributed by atoms with van der Waals surface area (Å²) in [7, 11) is 0. The zero-order chi connectivity index (χ0) is 20.8. The Balaban J connectivity index is 2.08. The van der Waals surface area contributed by atoms with Crippen molar-refractivity contribution in [3.05, 3.63) is 22.1 Å². The highest BCUT2D eigenvalue weighted by atomic mass is 16.3. The van der Waals surface area contributed by atoms with Crippen molar-refractivity contribution >= 4 is 18.0 Å². The number of nitrogens with zero attached hydrogens (tertiary/aromatic N) is 2. The number of amides is 4. The van der Waals surface area contributed by atoms with E-state index < -0.39 is 11.6 Å². The van der Waals surface area contributed by atoms with Gasteiger partial charge in [-0.25, -0.2) is 9.59 Å². The number of nitrogens with one attached hydrogen (secondary N) is 4. The molecule has 0 bridgehead atoms. The molecule has 0 spiro atoms. The molecule has 0 fully saturated rings. The van der Waals surface area contributed by atoms with Crippen LogP contribution in [0.15, 0.2) is 10.9 Å². The number of anilines is 1. The van der Waals surface area contributed by atoms with Crippen LogP contribution in [0.1, 0.15) is 31.4 Å². The average Bonchev–Trinajstić information content (AvgIpc) is 2.62. The van der Waals surface area contributed by atoms with Gasteiger partial charge in [-0.1, -0.05) is 12.8 Å². The summed E-state index contributed by atoms with van der Waals surface area (Å²) in [6, 6.07) is 0.598. The maximum Gasteiger partial charge on any atom is 0.321 e. The number of hydrogen-bond acceptors (Lipinski definition) is 6. The summed E-state index contributed by atoms with van der Waals surface area (Å²) in [5.74, 6) is 0.106. The lowest BCUT2D eigenvalue weighted by Crippen LogP contribution is -2.43. The lowest BCUT2D eigenvalue weighted by molar-refractivity contribution is 0.158. The average molecular weight is 398 g/mol. The number of aromatic amines is 1. The molecular weight excluding hydrogens is 368 g/mol. The van der Waals surface area contributed by atoms with Crippen LogP contribution in [0.2, 0.25) is 0 Å². The summed E-state index contributed by atoms with van der Waals surface area (Å²) < 4.78 is 0. The second-order valence-corrected chi connectivity index (χ2v) is 6.21. The van der Waals surface area contributed by atoms with Crippen LogP contribution in [0, 0.1) is 6.92 Å². The number of H-pyrrole nitrogens is 1. The molecular formula is C17H30N6O5. The molecule has 0 aromatic carbocycles. The third-order valence-electron chi connectivity index (χ3n) is 3.80. The van der Waals surface area contributed by atoms with E-state index in [1.165, 1.54) is 11.0 Å². The molecule has 1 heterocycles. The Morgan fingerprint density at radius 1 is 1.07 bits per heavy atom. The molecule has 0 saturated heterocycles. The quantitative estimate of drug-likeness (QED) is 0.266. The van der Waals surface area contributed by atoms with E-state index in [1.54, 1.807) is 6.92 Å². The molecule has 6 N–H and O–H groups in total. The number of unbranched alkanes of at least 4 members (excludes halogenated alkanes) is 3. The number of carbonyl (C=O) groups is 2. The second kappa shape index (κ2) is 13.5. The Hall–Kier alpha value is -2.66. The van der Waals surface area contributed by atoms with Crippen LogP contribution in [0.25, 0.3) is 0 Å². The van der Waals surface area contributed by atoms with E-state index in [0.717, 1.165) is 25.7 Å². The van der Waals surface area contributed by atoms with Crippen LogP contribution in [-0.2, 0) is 0 Å². The van der Waals surface area contributed by atoms with Crippen LogP contribution < -0.4 is 21.5 Å². The predicted molar refractivity (Wildman–Crippen MR) is 104 cm³/mol. The summed E-state index contributed by atoms with van der Waals surface area (Å²) in [6.45, 7) is 2.76. The third-order valence-corrected chi connectivity index (χ3v) is 3.80. The molecule has 28 heavy (non-hydrogen) atoms. The van der Waals surface area contributed by atoms with Crippen LogP contribution in [0.3, 0.4) is 0 Å². The number of hydrogen-bond donors (Lipinski definition) is 6. The minimum atomic E-state index is -0.436. The van der Waals surface area contributed by atoms with Crippen molar-refractivity contribution in [3.8, 4) is 0 Å². The summed E-state index contributed by atoms with van der Waals surface area (Å²) in [6.07, 6.45) is 3.34. The number of carbonyl (C=O) groups excluding carboxylic acids is 2. The Morgan fingerprint density at radius 2 is 1.68 bits per heavy atom. The molecule has 1 aromatic heterocycles. The van der Waals surface area contributed by atoms with Crippen molar-refractivity contribution in [2.75, 3.05) is 44.7 Å². The first-order valence-corrected chi connectivity index (χ1v) is 9.33. The minimum Gasteiger partial charge on any atom is -0.395 e. The van der Waals surface area contributed by atoms with E-state index in [2.05, 4.69) is 25.9 Å². The minimum absolute atomic E-state index is 0.106. The topological polar surface area (TPSA) is 160 Å². The Kier molecular flexibility index (Phi) is 11.3. The fourth-order valence-electron chi connectivity index (χ4n) is 2.46. The molecule has 1 rings (SSSR count). The van der Waals surface area contributed by atoms with Crippen LogP contribution in [-0.4, -0.2) is 76.5 Å². The van der Waals surface area contributed by atoms with Gasteiger partial charge in [0.05, 0.1) is 13.2 Å². The van der Waals surface area contributed by atoms with Crippen molar-refractivity contribution in [2.45, 2.75) is 32.6 Å². The monoisotopic (exact) mass is 398 g/mol. The van der Waals surface area contributed by atoms with Crippen molar-refractivity contribution in [2.24, 2.45) is 0 Å². The Morgan fingerprint density at radius 3 is 2.25 bits per heavy atom.